The van der Waals surface area contributed by atoms with Crippen LogP contribution in [0.15, 0.2) is 30.3 Å². The Hall–Kier alpha value is -1.55. The lowest BCUT2D eigenvalue weighted by atomic mass is 10.1. The Bertz CT molecular complexity index is 353. The summed E-state index contributed by atoms with van der Waals surface area (Å²) in [5.74, 6) is 0.350. The van der Waals surface area contributed by atoms with E-state index in [4.69, 9.17) is 4.74 Å². The molecule has 1 unspecified atom stereocenters. The highest BCUT2D eigenvalue weighted by molar-refractivity contribution is 5.88. The molecule has 0 saturated carbocycles. The second-order valence-corrected chi connectivity index (χ2v) is 3.95. The summed E-state index contributed by atoms with van der Waals surface area (Å²) in [4.78, 5) is 13.3. The summed E-state index contributed by atoms with van der Waals surface area (Å²) in [7, 11) is 1.91. The third-order valence-electron chi connectivity index (χ3n) is 2.66. The molecule has 0 bridgehead atoms. The van der Waals surface area contributed by atoms with Gasteiger partial charge in [0, 0.05) is 24.7 Å². The van der Waals surface area contributed by atoms with Gasteiger partial charge in [-0.2, -0.15) is 0 Å². The summed E-state index contributed by atoms with van der Waals surface area (Å²) < 4.78 is 5.16. The second-order valence-electron chi connectivity index (χ2n) is 3.95. The van der Waals surface area contributed by atoms with Crippen LogP contribution in [-0.4, -0.2) is 32.8 Å². The highest BCUT2D eigenvalue weighted by Crippen LogP contribution is 2.20. The van der Waals surface area contributed by atoms with E-state index in [0.717, 1.165) is 12.2 Å². The Kier molecular flexibility index (Phi) is 3.41. The maximum Gasteiger partial charge on any atom is 0.414 e. The molecule has 0 aromatic heterocycles. The molecule has 1 fully saturated rings. The number of rotatable bonds is 3. The van der Waals surface area contributed by atoms with Crippen LogP contribution in [0, 0.1) is 5.92 Å². The molecule has 0 radical (unpaired) electrons. The van der Waals surface area contributed by atoms with Crippen molar-refractivity contribution >= 4 is 11.8 Å². The van der Waals surface area contributed by atoms with Crippen LogP contribution >= 0.6 is 0 Å². The van der Waals surface area contributed by atoms with Gasteiger partial charge in [-0.15, -0.1) is 0 Å². The van der Waals surface area contributed by atoms with Gasteiger partial charge in [0.2, 0.25) is 0 Å². The Labute approximate surface area is 95.2 Å². The number of hydrogen-bond acceptors (Lipinski definition) is 3. The molecule has 2 rings (SSSR count). The smallest absolute Gasteiger partial charge is 0.414 e. The Balaban J connectivity index is 2.10. The fourth-order valence-electron chi connectivity index (χ4n) is 1.88. The Morgan fingerprint density at radius 1 is 1.44 bits per heavy atom. The number of nitrogens with zero attached hydrogens (tertiary/aromatic N) is 1. The summed E-state index contributed by atoms with van der Waals surface area (Å²) >= 11 is 0. The third-order valence-corrected chi connectivity index (χ3v) is 2.66. The van der Waals surface area contributed by atoms with E-state index in [1.54, 1.807) is 4.90 Å². The van der Waals surface area contributed by atoms with Crippen molar-refractivity contribution in [2.75, 3.05) is 31.6 Å². The van der Waals surface area contributed by atoms with Crippen LogP contribution in [0.3, 0.4) is 0 Å². The van der Waals surface area contributed by atoms with Gasteiger partial charge < -0.3 is 10.1 Å². The van der Waals surface area contributed by atoms with Crippen LogP contribution in [0.5, 0.6) is 0 Å². The maximum absolute atomic E-state index is 11.6. The van der Waals surface area contributed by atoms with Crippen molar-refractivity contribution in [2.24, 2.45) is 5.92 Å². The first-order valence-corrected chi connectivity index (χ1v) is 5.45. The summed E-state index contributed by atoms with van der Waals surface area (Å²) in [6, 6.07) is 9.62. The number of hydrogen-bond donors (Lipinski definition) is 1. The van der Waals surface area contributed by atoms with Gasteiger partial charge in [-0.05, 0) is 19.2 Å². The van der Waals surface area contributed by atoms with Gasteiger partial charge in [-0.3, -0.25) is 4.90 Å². The van der Waals surface area contributed by atoms with Crippen LogP contribution in [0.1, 0.15) is 0 Å². The molecule has 1 aromatic rings. The molecule has 86 valence electrons. The van der Waals surface area contributed by atoms with E-state index < -0.39 is 0 Å². The van der Waals surface area contributed by atoms with Crippen LogP contribution in [0.25, 0.3) is 0 Å². The first-order chi connectivity index (χ1) is 7.81. The molecule has 1 aromatic carbocycles. The number of carbonyl (C=O) groups is 1. The summed E-state index contributed by atoms with van der Waals surface area (Å²) in [5.41, 5.74) is 0.897. The Morgan fingerprint density at radius 3 is 2.88 bits per heavy atom. The van der Waals surface area contributed by atoms with E-state index in [9.17, 15) is 4.79 Å². The highest BCUT2D eigenvalue weighted by atomic mass is 16.6. The average molecular weight is 220 g/mol. The lowest BCUT2D eigenvalue weighted by Crippen LogP contribution is -2.46. The molecule has 4 heteroatoms. The zero-order valence-electron chi connectivity index (χ0n) is 9.35. The summed E-state index contributed by atoms with van der Waals surface area (Å²) in [5, 5.41) is 3.11. The van der Waals surface area contributed by atoms with Gasteiger partial charge in [-0.25, -0.2) is 4.79 Å². The molecule has 16 heavy (non-hydrogen) atoms. The standard InChI is InChI=1S/C12H16N2O2/c1-13-7-10-8-14(12(15)16-9-10)11-5-3-2-4-6-11/h2-6,10,13H,7-9H2,1H3. The molecule has 1 aliphatic rings. The molecule has 4 nitrogen and oxygen atoms in total. The van der Waals surface area contributed by atoms with E-state index in [1.807, 2.05) is 37.4 Å². The molecule has 1 saturated heterocycles. The number of carbonyl (C=O) groups excluding carboxylic acids is 1. The minimum atomic E-state index is -0.251. The maximum atomic E-state index is 11.6. The van der Waals surface area contributed by atoms with Crippen LogP contribution in [-0.2, 0) is 4.74 Å². The molecule has 0 spiro atoms. The van der Waals surface area contributed by atoms with E-state index >= 15 is 0 Å². The average Bonchev–Trinajstić information content (AvgIpc) is 2.33. The van der Waals surface area contributed by atoms with Gasteiger partial charge in [0.1, 0.15) is 0 Å². The minimum absolute atomic E-state index is 0.251. The molecular weight excluding hydrogens is 204 g/mol. The first kappa shape index (κ1) is 11.0. The predicted molar refractivity (Wildman–Crippen MR) is 62.6 cm³/mol. The van der Waals surface area contributed by atoms with Crippen molar-refractivity contribution in [2.45, 2.75) is 0 Å². The number of para-hydroxylation sites is 1. The van der Waals surface area contributed by atoms with Gasteiger partial charge in [0.15, 0.2) is 0 Å². The van der Waals surface area contributed by atoms with Crippen molar-refractivity contribution < 1.29 is 9.53 Å². The van der Waals surface area contributed by atoms with Crippen LogP contribution in [0.2, 0.25) is 0 Å². The Morgan fingerprint density at radius 2 is 2.19 bits per heavy atom. The van der Waals surface area contributed by atoms with Crippen molar-refractivity contribution in [3.05, 3.63) is 30.3 Å². The number of nitrogens with one attached hydrogen (secondary N) is 1. The zero-order chi connectivity index (χ0) is 11.4. The largest absolute Gasteiger partial charge is 0.449 e. The van der Waals surface area contributed by atoms with Crippen molar-refractivity contribution in [3.63, 3.8) is 0 Å². The molecule has 1 aliphatic heterocycles. The molecule has 1 atom stereocenters. The normalized spacial score (nSPS) is 20.7. The summed E-state index contributed by atoms with van der Waals surface area (Å²) in [6.07, 6.45) is -0.251. The van der Waals surface area contributed by atoms with Gasteiger partial charge >= 0.3 is 6.09 Å². The van der Waals surface area contributed by atoms with Crippen molar-refractivity contribution in [1.29, 1.82) is 0 Å². The topological polar surface area (TPSA) is 41.6 Å². The molecule has 1 N–H and O–H groups in total. The van der Waals surface area contributed by atoms with Gasteiger partial charge in [0.05, 0.1) is 6.61 Å². The third kappa shape index (κ3) is 2.33. The highest BCUT2D eigenvalue weighted by Gasteiger charge is 2.27. The molecule has 0 aliphatic carbocycles. The lowest BCUT2D eigenvalue weighted by molar-refractivity contribution is 0.115. The monoisotopic (exact) mass is 220 g/mol. The minimum Gasteiger partial charge on any atom is -0.449 e. The number of cyclic esters (lactones) is 1. The van der Waals surface area contributed by atoms with Gasteiger partial charge in [-0.1, -0.05) is 18.2 Å². The van der Waals surface area contributed by atoms with Crippen molar-refractivity contribution in [1.82, 2.24) is 5.32 Å². The zero-order valence-corrected chi connectivity index (χ0v) is 9.35. The van der Waals surface area contributed by atoms with E-state index in [0.29, 0.717) is 19.1 Å². The van der Waals surface area contributed by atoms with Crippen LogP contribution < -0.4 is 10.2 Å². The molecular formula is C12H16N2O2. The quantitative estimate of drug-likeness (QED) is 0.839. The fraction of sp³-hybridized carbons (Fsp3) is 0.417. The van der Waals surface area contributed by atoms with Gasteiger partial charge in [0.25, 0.3) is 0 Å². The summed E-state index contributed by atoms with van der Waals surface area (Å²) in [6.45, 7) is 2.07. The first-order valence-electron chi connectivity index (χ1n) is 5.45. The van der Waals surface area contributed by atoms with Crippen molar-refractivity contribution in [3.8, 4) is 0 Å². The SMILES string of the molecule is CNCC1COC(=O)N(c2ccccc2)C1. The lowest BCUT2D eigenvalue weighted by Gasteiger charge is -2.32. The molecule has 1 amide bonds. The predicted octanol–water partition coefficient (Wildman–Crippen LogP) is 1.48. The van der Waals surface area contributed by atoms with Crippen LogP contribution in [0.4, 0.5) is 10.5 Å². The molecule has 1 heterocycles. The van der Waals surface area contributed by atoms with E-state index in [-0.39, 0.29) is 6.09 Å². The number of ether oxygens (including phenoxy) is 1. The fourth-order valence-corrected chi connectivity index (χ4v) is 1.88. The van der Waals surface area contributed by atoms with E-state index in [2.05, 4.69) is 5.32 Å². The van der Waals surface area contributed by atoms with E-state index in [1.165, 1.54) is 0 Å². The second kappa shape index (κ2) is 4.99. The number of benzene rings is 1. The number of amides is 1. The number of anilines is 1.